The summed E-state index contributed by atoms with van der Waals surface area (Å²) in [6.07, 6.45) is 5.26. The number of rotatable bonds is 2. The highest BCUT2D eigenvalue weighted by molar-refractivity contribution is 6.18. The molecule has 2 heteroatoms. The van der Waals surface area contributed by atoms with E-state index < -0.39 is 0 Å². The molecule has 0 amide bonds. The summed E-state index contributed by atoms with van der Waals surface area (Å²) in [5, 5.41) is 0. The molecule has 0 aliphatic heterocycles. The molecule has 0 spiro atoms. The molecule has 0 radical (unpaired) electrons. The lowest BCUT2D eigenvalue weighted by molar-refractivity contribution is -0.380. The Hall–Kier alpha value is 0.580. The molecule has 0 unspecified atom stereocenters. The first-order chi connectivity index (χ1) is 4.86. The van der Waals surface area contributed by atoms with Gasteiger partial charge in [0.25, 0.3) is 0 Å². The normalized spacial score (nSPS) is 34.2. The van der Waals surface area contributed by atoms with Crippen molar-refractivity contribution in [2.45, 2.75) is 25.7 Å². The highest BCUT2D eigenvalue weighted by atomic mass is 35.5. The SMILES string of the molecule is ClCC1CCC(C[ClH+])CC1. The third-order valence-corrected chi connectivity index (χ3v) is 3.33. The maximum Gasteiger partial charge on any atom is 0.172 e. The summed E-state index contributed by atoms with van der Waals surface area (Å²) in [7, 11) is 0. The van der Waals surface area contributed by atoms with Crippen LogP contribution in [0.5, 0.6) is 0 Å². The van der Waals surface area contributed by atoms with Crippen molar-refractivity contribution in [3.63, 3.8) is 0 Å². The van der Waals surface area contributed by atoms with Crippen LogP contribution in [0.25, 0.3) is 0 Å². The summed E-state index contributed by atoms with van der Waals surface area (Å²) in [6, 6.07) is 0. The maximum atomic E-state index is 5.75. The van der Waals surface area contributed by atoms with E-state index in [9.17, 15) is 0 Å². The Labute approximate surface area is 72.9 Å². The largest absolute Gasteiger partial charge is 0.172 e. The predicted octanol–water partition coefficient (Wildman–Crippen LogP) is 2.31. The van der Waals surface area contributed by atoms with E-state index in [4.69, 9.17) is 23.2 Å². The van der Waals surface area contributed by atoms with E-state index in [0.29, 0.717) is 0 Å². The molecule has 1 saturated carbocycles. The van der Waals surface area contributed by atoms with Crippen LogP contribution in [0.15, 0.2) is 0 Å². The molecule has 0 bridgehead atoms. The van der Waals surface area contributed by atoms with Gasteiger partial charge in [-0.3, -0.25) is 0 Å². The maximum absolute atomic E-state index is 5.75. The van der Waals surface area contributed by atoms with Crippen LogP contribution in [0.3, 0.4) is 0 Å². The van der Waals surface area contributed by atoms with Crippen LogP contribution in [0.2, 0.25) is 0 Å². The summed E-state index contributed by atoms with van der Waals surface area (Å²) >= 11 is 10.8. The van der Waals surface area contributed by atoms with E-state index in [1.54, 1.807) is 0 Å². The van der Waals surface area contributed by atoms with Crippen molar-refractivity contribution in [2.75, 3.05) is 11.8 Å². The van der Waals surface area contributed by atoms with Crippen molar-refractivity contribution >= 4 is 11.6 Å². The Morgan fingerprint density at radius 3 is 2.00 bits per heavy atom. The monoisotopic (exact) mass is 181 g/mol. The molecule has 60 valence electrons. The van der Waals surface area contributed by atoms with Gasteiger partial charge in [0.15, 0.2) is 5.88 Å². The molecular formula is C8H15Cl2+. The molecule has 0 saturated heterocycles. The van der Waals surface area contributed by atoms with Gasteiger partial charge in [0.1, 0.15) is 11.6 Å². The predicted molar refractivity (Wildman–Crippen MR) is 42.4 cm³/mol. The fourth-order valence-corrected chi connectivity index (χ4v) is 2.19. The van der Waals surface area contributed by atoms with Gasteiger partial charge in [-0.2, -0.15) is 0 Å². The summed E-state index contributed by atoms with van der Waals surface area (Å²) < 4.78 is 0. The Morgan fingerprint density at radius 2 is 1.60 bits per heavy atom. The topological polar surface area (TPSA) is 0 Å². The van der Waals surface area contributed by atoms with E-state index in [1.165, 1.54) is 25.7 Å². The lowest BCUT2D eigenvalue weighted by Crippen LogP contribution is -2.17. The summed E-state index contributed by atoms with van der Waals surface area (Å²) in [5.41, 5.74) is 0. The number of hydrogen-bond donors (Lipinski definition) is 0. The lowest BCUT2D eigenvalue weighted by atomic mass is 9.84. The molecule has 1 rings (SSSR count). The van der Waals surface area contributed by atoms with Gasteiger partial charge in [-0.1, -0.05) is 0 Å². The Bertz CT molecular complexity index is 73.3. The molecule has 0 aromatic heterocycles. The zero-order chi connectivity index (χ0) is 7.40. The third kappa shape index (κ3) is 2.32. The summed E-state index contributed by atoms with van der Waals surface area (Å²) in [4.78, 5) is 0. The van der Waals surface area contributed by atoms with Crippen LogP contribution in [-0.4, -0.2) is 11.8 Å². The highest BCUT2D eigenvalue weighted by Gasteiger charge is 2.21. The van der Waals surface area contributed by atoms with E-state index in [2.05, 4.69) is 0 Å². The Kier molecular flexibility index (Phi) is 3.87. The van der Waals surface area contributed by atoms with Crippen LogP contribution in [0, 0.1) is 23.4 Å². The molecule has 1 aliphatic rings. The zero-order valence-corrected chi connectivity index (χ0v) is 7.76. The Morgan fingerprint density at radius 1 is 1.10 bits per heavy atom. The lowest BCUT2D eigenvalue weighted by Gasteiger charge is -2.23. The van der Waals surface area contributed by atoms with Crippen molar-refractivity contribution < 1.29 is 11.6 Å². The smallest absolute Gasteiger partial charge is 0.126 e. The van der Waals surface area contributed by atoms with Crippen molar-refractivity contribution in [2.24, 2.45) is 11.8 Å². The second kappa shape index (κ2) is 4.46. The van der Waals surface area contributed by atoms with Crippen LogP contribution >= 0.6 is 11.6 Å². The molecule has 0 aromatic rings. The average Bonchev–Trinajstić information content (AvgIpc) is 2.05. The molecule has 1 fully saturated rings. The van der Waals surface area contributed by atoms with Crippen molar-refractivity contribution in [1.29, 1.82) is 0 Å². The first kappa shape index (κ1) is 8.67. The second-order valence-electron chi connectivity index (χ2n) is 3.21. The van der Waals surface area contributed by atoms with Gasteiger partial charge in [0, 0.05) is 11.8 Å². The molecule has 0 N–H and O–H groups in total. The molecule has 0 atom stereocenters. The molecular weight excluding hydrogens is 167 g/mol. The first-order valence-electron chi connectivity index (χ1n) is 4.01. The van der Waals surface area contributed by atoms with Crippen molar-refractivity contribution in [3.05, 3.63) is 0 Å². The van der Waals surface area contributed by atoms with Gasteiger partial charge >= 0.3 is 0 Å². The standard InChI is InChI=1S/C8H15Cl2/c9-5-7-1-2-8(6-10)4-3-7/h7-9H,1-6H2/q+1. The summed E-state index contributed by atoms with van der Waals surface area (Å²) in [5.74, 6) is 3.42. The Balaban J connectivity index is 2.17. The quantitative estimate of drug-likeness (QED) is 0.575. The molecule has 0 nitrogen and oxygen atoms in total. The van der Waals surface area contributed by atoms with Gasteiger partial charge in [0.2, 0.25) is 0 Å². The van der Waals surface area contributed by atoms with E-state index in [1.807, 2.05) is 0 Å². The zero-order valence-electron chi connectivity index (χ0n) is 6.18. The molecule has 0 heterocycles. The van der Waals surface area contributed by atoms with Gasteiger partial charge in [-0.25, -0.2) is 0 Å². The van der Waals surface area contributed by atoms with Crippen LogP contribution in [0.4, 0.5) is 0 Å². The minimum atomic E-state index is 0.791. The fourth-order valence-electron chi connectivity index (χ4n) is 1.55. The van der Waals surface area contributed by atoms with Gasteiger partial charge < -0.3 is 0 Å². The number of alkyl halides is 2. The average molecular weight is 182 g/mol. The third-order valence-electron chi connectivity index (χ3n) is 2.42. The molecule has 10 heavy (non-hydrogen) atoms. The van der Waals surface area contributed by atoms with E-state index in [0.717, 1.165) is 23.6 Å². The first-order valence-corrected chi connectivity index (χ1v) is 5.12. The minimum absolute atomic E-state index is 0.791. The number of hydrogen-bond acceptors (Lipinski definition) is 0. The van der Waals surface area contributed by atoms with Crippen LogP contribution in [-0.2, 0) is 0 Å². The van der Waals surface area contributed by atoms with E-state index >= 15 is 0 Å². The summed E-state index contributed by atoms with van der Waals surface area (Å²) in [6.45, 7) is 0. The van der Waals surface area contributed by atoms with Gasteiger partial charge in [-0.15, -0.1) is 11.6 Å². The van der Waals surface area contributed by atoms with E-state index in [-0.39, 0.29) is 0 Å². The molecule has 1 aliphatic carbocycles. The van der Waals surface area contributed by atoms with Crippen LogP contribution in [0.1, 0.15) is 25.7 Å². The van der Waals surface area contributed by atoms with Crippen molar-refractivity contribution in [1.82, 2.24) is 0 Å². The van der Waals surface area contributed by atoms with Crippen LogP contribution < -0.4 is 0 Å². The van der Waals surface area contributed by atoms with Gasteiger partial charge in [0.05, 0.1) is 0 Å². The minimum Gasteiger partial charge on any atom is -0.126 e. The van der Waals surface area contributed by atoms with Gasteiger partial charge in [-0.05, 0) is 31.6 Å². The highest BCUT2D eigenvalue weighted by Crippen LogP contribution is 2.28. The van der Waals surface area contributed by atoms with Crippen molar-refractivity contribution in [3.8, 4) is 0 Å². The molecule has 0 aromatic carbocycles. The number of halogens is 2. The fraction of sp³-hybridized carbons (Fsp3) is 1.00. The second-order valence-corrected chi connectivity index (χ2v) is 3.85.